The van der Waals surface area contributed by atoms with Gasteiger partial charge < -0.3 is 4.57 Å². The van der Waals surface area contributed by atoms with Crippen molar-refractivity contribution in [2.75, 3.05) is 6.18 Å². The van der Waals surface area contributed by atoms with E-state index in [0.717, 1.165) is 18.4 Å². The summed E-state index contributed by atoms with van der Waals surface area (Å²) in [6, 6.07) is 6.13. The molecule has 142 valence electrons. The maximum Gasteiger partial charge on any atom is 0.279 e. The van der Waals surface area contributed by atoms with Crippen LogP contribution in [0.5, 0.6) is 0 Å². The Hall–Kier alpha value is -2.48. The van der Waals surface area contributed by atoms with E-state index in [4.69, 9.17) is 8.89 Å². The van der Waals surface area contributed by atoms with Gasteiger partial charge in [-0.05, 0) is 36.5 Å². The van der Waals surface area contributed by atoms with Gasteiger partial charge in [0.25, 0.3) is 5.56 Å². The van der Waals surface area contributed by atoms with Crippen molar-refractivity contribution >= 4 is 15.5 Å². The van der Waals surface area contributed by atoms with Gasteiger partial charge in [-0.1, -0.05) is 26.0 Å². The molecule has 1 unspecified atom stereocenters. The highest BCUT2D eigenvalue weighted by atomic mass is 32.2. The number of hydrogen-bond acceptors (Lipinski definition) is 5. The quantitative estimate of drug-likeness (QED) is 0.727. The molecule has 1 fully saturated rings. The zero-order valence-corrected chi connectivity index (χ0v) is 16.0. The Morgan fingerprint density at radius 2 is 2.04 bits per heavy atom. The van der Waals surface area contributed by atoms with Crippen molar-refractivity contribution in [2.24, 2.45) is 0 Å². The standard InChI is InChI=1S/C19H23N5O2S/c1-12(2)16-11-23(10-13-4-8-15(9-5-13)27(3,20)26)19-21-17(14-6-7-14)22-24(19)18(16)25/h4-5,8-9,11-12,14,20H,6-7,10H2,1-3H3/i3D3. The number of nitrogens with one attached hydrogen (secondary N) is 1. The third kappa shape index (κ3) is 3.41. The lowest BCUT2D eigenvalue weighted by Gasteiger charge is -2.12. The number of aromatic nitrogens is 4. The van der Waals surface area contributed by atoms with Gasteiger partial charge in [-0.25, -0.2) is 8.99 Å². The molecule has 1 aliphatic carbocycles. The van der Waals surface area contributed by atoms with Crippen molar-refractivity contribution < 1.29 is 8.32 Å². The molecule has 0 spiro atoms. The third-order valence-corrected chi connectivity index (χ3v) is 5.71. The summed E-state index contributed by atoms with van der Waals surface area (Å²) in [5, 5.41) is 4.44. The second kappa shape index (κ2) is 6.30. The van der Waals surface area contributed by atoms with Crippen LogP contribution in [0.1, 0.15) is 59.6 Å². The van der Waals surface area contributed by atoms with E-state index in [0.29, 0.717) is 29.6 Å². The number of rotatable bonds is 5. The second-order valence-electron chi connectivity index (χ2n) is 7.33. The predicted molar refractivity (Wildman–Crippen MR) is 104 cm³/mol. The van der Waals surface area contributed by atoms with E-state index in [1.165, 1.54) is 16.6 Å². The number of benzene rings is 1. The van der Waals surface area contributed by atoms with E-state index in [2.05, 4.69) is 10.1 Å². The van der Waals surface area contributed by atoms with Crippen molar-refractivity contribution in [1.29, 1.82) is 4.78 Å². The van der Waals surface area contributed by atoms with E-state index < -0.39 is 15.9 Å². The van der Waals surface area contributed by atoms with Gasteiger partial charge in [0.05, 0.1) is 16.3 Å². The first-order chi connectivity index (χ1) is 14.0. The number of nitrogens with zero attached hydrogens (tertiary/aromatic N) is 4. The van der Waals surface area contributed by atoms with Crippen molar-refractivity contribution in [1.82, 2.24) is 19.2 Å². The Bertz CT molecular complexity index is 1270. The molecule has 1 saturated carbocycles. The van der Waals surface area contributed by atoms with E-state index in [1.807, 2.05) is 18.4 Å². The highest BCUT2D eigenvalue weighted by molar-refractivity contribution is 7.91. The van der Waals surface area contributed by atoms with Crippen LogP contribution >= 0.6 is 0 Å². The molecule has 1 aromatic carbocycles. The fraction of sp³-hybridized carbons (Fsp3) is 0.421. The first-order valence-corrected chi connectivity index (χ1v) is 10.4. The molecule has 8 heteroatoms. The van der Waals surface area contributed by atoms with Gasteiger partial charge in [0.15, 0.2) is 5.82 Å². The van der Waals surface area contributed by atoms with Crippen molar-refractivity contribution in [2.45, 2.75) is 50.0 Å². The average molecular weight is 389 g/mol. The Morgan fingerprint density at radius 3 is 2.63 bits per heavy atom. The number of fused-ring (bicyclic) bond motifs is 1. The topological polar surface area (TPSA) is 93.1 Å². The van der Waals surface area contributed by atoms with Gasteiger partial charge in [0.1, 0.15) is 0 Å². The van der Waals surface area contributed by atoms with E-state index in [-0.39, 0.29) is 16.4 Å². The van der Waals surface area contributed by atoms with Crippen molar-refractivity contribution in [3.8, 4) is 0 Å². The molecule has 1 atom stereocenters. The zero-order chi connectivity index (χ0) is 21.8. The summed E-state index contributed by atoms with van der Waals surface area (Å²) >= 11 is 0. The maximum atomic E-state index is 12.8. The van der Waals surface area contributed by atoms with Crippen LogP contribution in [0, 0.1) is 4.78 Å². The maximum absolute atomic E-state index is 12.8. The lowest BCUT2D eigenvalue weighted by atomic mass is 10.1. The number of hydrogen-bond donors (Lipinski definition) is 1. The van der Waals surface area contributed by atoms with Gasteiger partial charge in [-0.15, -0.1) is 5.10 Å². The highest BCUT2D eigenvalue weighted by Gasteiger charge is 2.29. The Morgan fingerprint density at radius 1 is 1.33 bits per heavy atom. The predicted octanol–water partition coefficient (Wildman–Crippen LogP) is 2.98. The minimum absolute atomic E-state index is 0.0105. The summed E-state index contributed by atoms with van der Waals surface area (Å²) in [4.78, 5) is 17.4. The van der Waals surface area contributed by atoms with Gasteiger partial charge in [0.2, 0.25) is 5.78 Å². The summed E-state index contributed by atoms with van der Waals surface area (Å²) in [5.74, 6) is 1.46. The normalized spacial score (nSPS) is 18.9. The third-order valence-electron chi connectivity index (χ3n) is 4.77. The molecule has 0 amide bonds. The van der Waals surface area contributed by atoms with Crippen LogP contribution in [0.25, 0.3) is 5.78 Å². The minimum Gasteiger partial charge on any atom is -0.312 e. The Kier molecular flexibility index (Phi) is 3.40. The summed E-state index contributed by atoms with van der Waals surface area (Å²) in [6.45, 7) is 4.26. The SMILES string of the molecule is [2H]C([2H])([2H])S(=N)(=O)c1ccc(Cn2cc(C(C)C)c(=O)n3nc(C4CC4)nc23)cc1. The highest BCUT2D eigenvalue weighted by Crippen LogP contribution is 2.38. The Labute approximate surface area is 162 Å². The molecule has 0 radical (unpaired) electrons. The molecule has 3 aromatic rings. The average Bonchev–Trinajstić information content (AvgIpc) is 3.41. The monoisotopic (exact) mass is 388 g/mol. The molecule has 0 bridgehead atoms. The summed E-state index contributed by atoms with van der Waals surface area (Å²) in [6.07, 6.45) is 0.961. The lowest BCUT2D eigenvalue weighted by molar-refractivity contribution is 0.678. The van der Waals surface area contributed by atoms with E-state index in [9.17, 15) is 9.00 Å². The zero-order valence-electron chi connectivity index (χ0n) is 18.2. The van der Waals surface area contributed by atoms with Gasteiger partial charge >= 0.3 is 0 Å². The van der Waals surface area contributed by atoms with Gasteiger partial charge in [-0.2, -0.15) is 9.50 Å². The molecule has 2 aromatic heterocycles. The van der Waals surface area contributed by atoms with Crippen LogP contribution in [-0.2, 0) is 16.3 Å². The second-order valence-corrected chi connectivity index (χ2v) is 8.91. The summed E-state index contributed by atoms with van der Waals surface area (Å²) in [7, 11) is -3.90. The molecule has 2 heterocycles. The van der Waals surface area contributed by atoms with Crippen LogP contribution in [0.3, 0.4) is 0 Å². The van der Waals surface area contributed by atoms with Crippen LogP contribution in [0.2, 0.25) is 0 Å². The van der Waals surface area contributed by atoms with Crippen LogP contribution < -0.4 is 5.56 Å². The molecule has 7 nitrogen and oxygen atoms in total. The summed E-state index contributed by atoms with van der Waals surface area (Å²) < 4.78 is 45.3. The first kappa shape index (κ1) is 14.6. The molecule has 4 rings (SSSR count). The first-order valence-electron chi connectivity index (χ1n) is 10.4. The van der Waals surface area contributed by atoms with E-state index >= 15 is 0 Å². The van der Waals surface area contributed by atoms with Crippen molar-refractivity contribution in [3.63, 3.8) is 0 Å². The fourth-order valence-electron chi connectivity index (χ4n) is 3.05. The smallest absolute Gasteiger partial charge is 0.279 e. The van der Waals surface area contributed by atoms with Crippen LogP contribution in [0.4, 0.5) is 0 Å². The van der Waals surface area contributed by atoms with Gasteiger partial charge in [0, 0.05) is 32.9 Å². The molecule has 1 aliphatic rings. The van der Waals surface area contributed by atoms with Gasteiger partial charge in [-0.3, -0.25) is 4.79 Å². The molecule has 0 saturated heterocycles. The van der Waals surface area contributed by atoms with Crippen molar-refractivity contribution in [3.05, 3.63) is 57.8 Å². The molecule has 0 aliphatic heterocycles. The fourth-order valence-corrected chi connectivity index (χ4v) is 3.57. The molecular formula is C19H23N5O2S. The Balaban J connectivity index is 1.75. The molecular weight excluding hydrogens is 362 g/mol. The minimum atomic E-state index is -3.90. The molecule has 1 N–H and O–H groups in total. The lowest BCUT2D eigenvalue weighted by Crippen LogP contribution is -2.24. The largest absolute Gasteiger partial charge is 0.312 e. The van der Waals surface area contributed by atoms with E-state index in [1.54, 1.807) is 18.3 Å². The van der Waals surface area contributed by atoms with Crippen LogP contribution in [0.15, 0.2) is 40.2 Å². The summed E-state index contributed by atoms with van der Waals surface area (Å²) in [5.41, 5.74) is 1.26. The molecule has 27 heavy (non-hydrogen) atoms. The van der Waals surface area contributed by atoms with Crippen LogP contribution in [-0.4, -0.2) is 29.6 Å².